The SMILES string of the molecule is COCc1c(CNC(C)C)oc2ccc(C(C)C)cc12. The lowest BCUT2D eigenvalue weighted by atomic mass is 10.0. The molecule has 0 aliphatic carbocycles. The maximum Gasteiger partial charge on any atom is 0.134 e. The van der Waals surface area contributed by atoms with E-state index < -0.39 is 0 Å². The standard InChI is InChI=1S/C17H25NO2/c1-11(2)13-6-7-16-14(8-13)15(10-19-5)17(20-16)9-18-12(3)4/h6-8,11-12,18H,9-10H2,1-5H3. The molecule has 2 rings (SSSR count). The highest BCUT2D eigenvalue weighted by atomic mass is 16.5. The Bertz CT molecular complexity index is 570. The quantitative estimate of drug-likeness (QED) is 0.858. The zero-order valence-corrected chi connectivity index (χ0v) is 13.1. The summed E-state index contributed by atoms with van der Waals surface area (Å²) in [5, 5.41) is 4.59. The van der Waals surface area contributed by atoms with Crippen LogP contribution in [0.2, 0.25) is 0 Å². The fraction of sp³-hybridized carbons (Fsp3) is 0.529. The molecule has 0 unspecified atom stereocenters. The molecule has 0 saturated carbocycles. The molecule has 20 heavy (non-hydrogen) atoms. The molecule has 0 fully saturated rings. The summed E-state index contributed by atoms with van der Waals surface area (Å²) in [6.07, 6.45) is 0. The van der Waals surface area contributed by atoms with E-state index in [-0.39, 0.29) is 0 Å². The molecule has 110 valence electrons. The average Bonchev–Trinajstić information content (AvgIpc) is 2.74. The van der Waals surface area contributed by atoms with Crippen molar-refractivity contribution in [1.82, 2.24) is 5.32 Å². The van der Waals surface area contributed by atoms with E-state index in [1.54, 1.807) is 7.11 Å². The minimum absolute atomic E-state index is 0.435. The van der Waals surface area contributed by atoms with Gasteiger partial charge in [0.25, 0.3) is 0 Å². The van der Waals surface area contributed by atoms with Crippen LogP contribution in [0, 0.1) is 0 Å². The third-order valence-corrected chi connectivity index (χ3v) is 3.52. The number of benzene rings is 1. The molecule has 2 aromatic rings. The highest BCUT2D eigenvalue weighted by molar-refractivity contribution is 5.83. The maximum atomic E-state index is 5.99. The number of rotatable bonds is 6. The molecule has 0 saturated heterocycles. The van der Waals surface area contributed by atoms with E-state index in [1.807, 2.05) is 0 Å². The van der Waals surface area contributed by atoms with Crippen molar-refractivity contribution in [2.45, 2.75) is 52.8 Å². The normalized spacial score (nSPS) is 11.9. The minimum Gasteiger partial charge on any atom is -0.459 e. The Morgan fingerprint density at radius 1 is 1.20 bits per heavy atom. The van der Waals surface area contributed by atoms with Gasteiger partial charge in [-0.05, 0) is 23.6 Å². The summed E-state index contributed by atoms with van der Waals surface area (Å²) in [5.41, 5.74) is 3.44. The van der Waals surface area contributed by atoms with Crippen LogP contribution in [-0.4, -0.2) is 13.2 Å². The van der Waals surface area contributed by atoms with E-state index in [0.29, 0.717) is 18.6 Å². The molecule has 1 N–H and O–H groups in total. The van der Waals surface area contributed by atoms with E-state index in [9.17, 15) is 0 Å². The Balaban J connectivity index is 2.44. The molecule has 3 nitrogen and oxygen atoms in total. The van der Waals surface area contributed by atoms with Gasteiger partial charge in [0, 0.05) is 24.1 Å². The molecule has 0 radical (unpaired) electrons. The first-order chi connectivity index (χ1) is 9.52. The maximum absolute atomic E-state index is 5.99. The fourth-order valence-corrected chi connectivity index (χ4v) is 2.32. The lowest BCUT2D eigenvalue weighted by Gasteiger charge is -2.08. The van der Waals surface area contributed by atoms with Crippen LogP contribution in [0.4, 0.5) is 0 Å². The van der Waals surface area contributed by atoms with Gasteiger partial charge >= 0.3 is 0 Å². The monoisotopic (exact) mass is 275 g/mol. The van der Waals surface area contributed by atoms with Crippen molar-refractivity contribution in [2.24, 2.45) is 0 Å². The second-order valence-corrected chi connectivity index (χ2v) is 5.88. The van der Waals surface area contributed by atoms with Gasteiger partial charge < -0.3 is 14.5 Å². The second-order valence-electron chi connectivity index (χ2n) is 5.88. The van der Waals surface area contributed by atoms with E-state index in [4.69, 9.17) is 9.15 Å². The average molecular weight is 275 g/mol. The number of furan rings is 1. The first-order valence-corrected chi connectivity index (χ1v) is 7.29. The van der Waals surface area contributed by atoms with Crippen LogP contribution in [-0.2, 0) is 17.9 Å². The Kier molecular flexibility index (Phi) is 4.84. The molecular formula is C17H25NO2. The third-order valence-electron chi connectivity index (χ3n) is 3.52. The summed E-state index contributed by atoms with van der Waals surface area (Å²) in [5.74, 6) is 1.50. The lowest BCUT2D eigenvalue weighted by Crippen LogP contribution is -2.22. The molecule has 0 aliphatic heterocycles. The number of hydrogen-bond donors (Lipinski definition) is 1. The Hall–Kier alpha value is -1.32. The first kappa shape index (κ1) is 15.1. The predicted molar refractivity (Wildman–Crippen MR) is 83.0 cm³/mol. The van der Waals surface area contributed by atoms with Crippen LogP contribution < -0.4 is 5.32 Å². The molecule has 1 aromatic heterocycles. The summed E-state index contributed by atoms with van der Waals surface area (Å²) < 4.78 is 11.3. The van der Waals surface area contributed by atoms with Gasteiger partial charge in [-0.25, -0.2) is 0 Å². The highest BCUT2D eigenvalue weighted by Gasteiger charge is 2.15. The van der Waals surface area contributed by atoms with Crippen molar-refractivity contribution in [1.29, 1.82) is 0 Å². The fourth-order valence-electron chi connectivity index (χ4n) is 2.32. The second kappa shape index (κ2) is 6.42. The smallest absolute Gasteiger partial charge is 0.134 e. The van der Waals surface area contributed by atoms with E-state index in [0.717, 1.165) is 23.5 Å². The summed E-state index contributed by atoms with van der Waals surface area (Å²) in [7, 11) is 1.73. The summed E-state index contributed by atoms with van der Waals surface area (Å²) >= 11 is 0. The molecule has 1 heterocycles. The number of ether oxygens (including phenoxy) is 1. The van der Waals surface area contributed by atoms with Crippen LogP contribution in [0.15, 0.2) is 22.6 Å². The van der Waals surface area contributed by atoms with Gasteiger partial charge in [-0.1, -0.05) is 33.8 Å². The van der Waals surface area contributed by atoms with Crippen molar-refractivity contribution < 1.29 is 9.15 Å². The number of fused-ring (bicyclic) bond motifs is 1. The van der Waals surface area contributed by atoms with Gasteiger partial charge in [0.1, 0.15) is 11.3 Å². The number of hydrogen-bond acceptors (Lipinski definition) is 3. The molecule has 3 heteroatoms. The van der Waals surface area contributed by atoms with E-state index >= 15 is 0 Å². The van der Waals surface area contributed by atoms with Gasteiger partial charge in [-0.15, -0.1) is 0 Å². The van der Waals surface area contributed by atoms with Crippen LogP contribution in [0.5, 0.6) is 0 Å². The Morgan fingerprint density at radius 2 is 1.95 bits per heavy atom. The van der Waals surface area contributed by atoms with Crippen molar-refractivity contribution in [2.75, 3.05) is 7.11 Å². The number of methoxy groups -OCH3 is 1. The molecule has 1 aromatic carbocycles. The predicted octanol–water partition coefficient (Wildman–Crippen LogP) is 4.20. The van der Waals surface area contributed by atoms with Crippen molar-refractivity contribution in [3.63, 3.8) is 0 Å². The van der Waals surface area contributed by atoms with Gasteiger partial charge in [0.15, 0.2) is 0 Å². The zero-order chi connectivity index (χ0) is 14.7. The Morgan fingerprint density at radius 3 is 2.55 bits per heavy atom. The first-order valence-electron chi connectivity index (χ1n) is 7.29. The van der Waals surface area contributed by atoms with Gasteiger partial charge in [0.05, 0.1) is 13.2 Å². The van der Waals surface area contributed by atoms with Crippen LogP contribution >= 0.6 is 0 Å². The van der Waals surface area contributed by atoms with Gasteiger partial charge in [0.2, 0.25) is 0 Å². The molecule has 0 amide bonds. The molecule has 0 bridgehead atoms. The molecular weight excluding hydrogens is 250 g/mol. The van der Waals surface area contributed by atoms with Crippen molar-refractivity contribution in [3.8, 4) is 0 Å². The highest BCUT2D eigenvalue weighted by Crippen LogP contribution is 2.29. The zero-order valence-electron chi connectivity index (χ0n) is 13.1. The lowest BCUT2D eigenvalue weighted by molar-refractivity contribution is 0.183. The largest absolute Gasteiger partial charge is 0.459 e. The summed E-state index contributed by atoms with van der Waals surface area (Å²) in [6.45, 7) is 10.0. The van der Waals surface area contributed by atoms with E-state index in [1.165, 1.54) is 10.9 Å². The molecule has 0 aliphatic rings. The van der Waals surface area contributed by atoms with Crippen LogP contribution in [0.1, 0.15) is 50.5 Å². The summed E-state index contributed by atoms with van der Waals surface area (Å²) in [4.78, 5) is 0. The number of nitrogens with one attached hydrogen (secondary N) is 1. The third kappa shape index (κ3) is 3.22. The van der Waals surface area contributed by atoms with Crippen molar-refractivity contribution >= 4 is 11.0 Å². The van der Waals surface area contributed by atoms with Crippen molar-refractivity contribution in [3.05, 3.63) is 35.1 Å². The van der Waals surface area contributed by atoms with Gasteiger partial charge in [-0.2, -0.15) is 0 Å². The molecule has 0 spiro atoms. The van der Waals surface area contributed by atoms with Crippen LogP contribution in [0.25, 0.3) is 11.0 Å². The van der Waals surface area contributed by atoms with Gasteiger partial charge in [-0.3, -0.25) is 0 Å². The molecule has 0 atom stereocenters. The van der Waals surface area contributed by atoms with E-state index in [2.05, 4.69) is 51.2 Å². The summed E-state index contributed by atoms with van der Waals surface area (Å²) in [6, 6.07) is 6.89. The minimum atomic E-state index is 0.435. The topological polar surface area (TPSA) is 34.4 Å². The van der Waals surface area contributed by atoms with Crippen LogP contribution in [0.3, 0.4) is 0 Å². The Labute approximate surface area is 121 Å².